The standard InChI is InChI=1S/C25H16N4O3/c1-32-14-10-11-21-18(12-14)23(24-26-19-9-5-4-8-17(19)25(31)29(21)24)28-27-20-13-22(30)16-7-3-2-6-15(16)20/h2-13,26H,1H3. The maximum absolute atomic E-state index is 13.3. The summed E-state index contributed by atoms with van der Waals surface area (Å²) >= 11 is 0. The van der Waals surface area contributed by atoms with Gasteiger partial charge in [-0.1, -0.05) is 36.4 Å². The maximum Gasteiger partial charge on any atom is 0.266 e. The van der Waals surface area contributed by atoms with Crippen molar-refractivity contribution in [2.75, 3.05) is 7.11 Å². The zero-order valence-corrected chi connectivity index (χ0v) is 17.0. The number of hydrogen-bond acceptors (Lipinski definition) is 5. The van der Waals surface area contributed by atoms with Gasteiger partial charge in [-0.25, -0.2) is 0 Å². The molecule has 0 bridgehead atoms. The molecule has 154 valence electrons. The first-order valence-electron chi connectivity index (χ1n) is 10.1. The Morgan fingerprint density at radius 2 is 1.66 bits per heavy atom. The predicted molar refractivity (Wildman–Crippen MR) is 123 cm³/mol. The van der Waals surface area contributed by atoms with E-state index in [1.165, 1.54) is 6.08 Å². The molecule has 2 heterocycles. The van der Waals surface area contributed by atoms with Gasteiger partial charge in [0, 0.05) is 22.6 Å². The van der Waals surface area contributed by atoms with Crippen molar-refractivity contribution in [3.8, 4) is 5.75 Å². The second-order valence-electron chi connectivity index (χ2n) is 7.53. The molecule has 7 nitrogen and oxygen atoms in total. The predicted octanol–water partition coefficient (Wildman–Crippen LogP) is 5.26. The summed E-state index contributed by atoms with van der Waals surface area (Å²) in [6.45, 7) is 0. The molecule has 7 heteroatoms. The number of benzene rings is 3. The van der Waals surface area contributed by atoms with E-state index >= 15 is 0 Å². The number of methoxy groups -OCH3 is 1. The molecule has 0 fully saturated rings. The zero-order chi connectivity index (χ0) is 21.8. The molecule has 0 unspecified atom stereocenters. The summed E-state index contributed by atoms with van der Waals surface area (Å²) in [5.74, 6) is 0.546. The van der Waals surface area contributed by atoms with Gasteiger partial charge in [-0.15, -0.1) is 10.2 Å². The van der Waals surface area contributed by atoms with Crippen LogP contribution < -0.4 is 10.3 Å². The second-order valence-corrected chi connectivity index (χ2v) is 7.53. The topological polar surface area (TPSA) is 88.3 Å². The van der Waals surface area contributed by atoms with E-state index in [0.29, 0.717) is 44.8 Å². The number of aromatic nitrogens is 2. The van der Waals surface area contributed by atoms with Crippen molar-refractivity contribution in [3.05, 3.63) is 94.3 Å². The fourth-order valence-corrected chi connectivity index (χ4v) is 4.22. The zero-order valence-electron chi connectivity index (χ0n) is 17.0. The number of ketones is 1. The molecule has 0 aliphatic heterocycles. The Bertz CT molecular complexity index is 1710. The highest BCUT2D eigenvalue weighted by atomic mass is 16.5. The summed E-state index contributed by atoms with van der Waals surface area (Å²) in [6.07, 6.45) is 1.48. The fourth-order valence-electron chi connectivity index (χ4n) is 4.22. The van der Waals surface area contributed by atoms with Crippen LogP contribution in [0.4, 0.5) is 5.69 Å². The van der Waals surface area contributed by atoms with Crippen molar-refractivity contribution < 1.29 is 9.53 Å². The number of para-hydroxylation sites is 1. The van der Waals surface area contributed by atoms with E-state index in [-0.39, 0.29) is 11.3 Å². The van der Waals surface area contributed by atoms with Gasteiger partial charge in [0.15, 0.2) is 5.78 Å². The number of aromatic amines is 1. The molecule has 5 aromatic rings. The molecular formula is C25H16N4O3. The van der Waals surface area contributed by atoms with Gasteiger partial charge in [-0.05, 0) is 30.3 Å². The van der Waals surface area contributed by atoms with Crippen molar-refractivity contribution in [1.82, 2.24) is 9.38 Å². The lowest BCUT2D eigenvalue weighted by molar-refractivity contribution is 0.105. The Balaban J connectivity index is 1.65. The van der Waals surface area contributed by atoms with Crippen molar-refractivity contribution in [1.29, 1.82) is 0 Å². The average Bonchev–Trinajstić information content (AvgIpc) is 3.32. The minimum absolute atomic E-state index is 0.0952. The second kappa shape index (κ2) is 6.75. The van der Waals surface area contributed by atoms with E-state index in [0.717, 1.165) is 10.9 Å². The van der Waals surface area contributed by atoms with Gasteiger partial charge >= 0.3 is 0 Å². The Hall–Kier alpha value is -4.52. The van der Waals surface area contributed by atoms with Crippen LogP contribution in [-0.2, 0) is 0 Å². The molecule has 0 saturated carbocycles. The van der Waals surface area contributed by atoms with Crippen LogP contribution in [0.25, 0.3) is 33.2 Å². The van der Waals surface area contributed by atoms with E-state index in [4.69, 9.17) is 4.74 Å². The van der Waals surface area contributed by atoms with E-state index in [1.54, 1.807) is 29.7 Å². The number of ether oxygens (including phenoxy) is 1. The number of carbonyl (C=O) groups is 1. The lowest BCUT2D eigenvalue weighted by Gasteiger charge is -2.02. The minimum Gasteiger partial charge on any atom is -0.497 e. The van der Waals surface area contributed by atoms with Crippen LogP contribution in [0.5, 0.6) is 5.75 Å². The highest BCUT2D eigenvalue weighted by Gasteiger charge is 2.21. The fraction of sp³-hybridized carbons (Fsp3) is 0.0400. The molecule has 6 rings (SSSR count). The summed E-state index contributed by atoms with van der Waals surface area (Å²) < 4.78 is 7.00. The molecule has 0 spiro atoms. The number of carbonyl (C=O) groups excluding carboxylic acids is 1. The highest BCUT2D eigenvalue weighted by molar-refractivity contribution is 6.16. The van der Waals surface area contributed by atoms with Crippen LogP contribution >= 0.6 is 0 Å². The first kappa shape index (κ1) is 18.3. The Labute approximate surface area is 181 Å². The lowest BCUT2D eigenvalue weighted by Crippen LogP contribution is -2.13. The molecule has 1 aliphatic carbocycles. The molecular weight excluding hydrogens is 404 g/mol. The van der Waals surface area contributed by atoms with Gasteiger partial charge in [0.2, 0.25) is 0 Å². The van der Waals surface area contributed by atoms with Gasteiger partial charge in [0.05, 0.1) is 29.2 Å². The maximum atomic E-state index is 13.3. The first-order valence-corrected chi connectivity index (χ1v) is 10.1. The first-order chi connectivity index (χ1) is 15.7. The third-order valence-electron chi connectivity index (χ3n) is 5.76. The number of fused-ring (bicyclic) bond motifs is 5. The van der Waals surface area contributed by atoms with E-state index in [1.807, 2.05) is 48.5 Å². The van der Waals surface area contributed by atoms with Gasteiger partial charge < -0.3 is 9.72 Å². The Kier molecular flexibility index (Phi) is 3.85. The number of allylic oxidation sites excluding steroid dienone is 1. The van der Waals surface area contributed by atoms with Crippen LogP contribution in [0.2, 0.25) is 0 Å². The van der Waals surface area contributed by atoms with Crippen LogP contribution in [0.1, 0.15) is 15.9 Å². The van der Waals surface area contributed by atoms with Crippen molar-refractivity contribution in [2.24, 2.45) is 10.2 Å². The van der Waals surface area contributed by atoms with Gasteiger partial charge in [0.25, 0.3) is 5.56 Å². The molecule has 0 amide bonds. The molecule has 2 aromatic heterocycles. The monoisotopic (exact) mass is 420 g/mol. The number of azo groups is 1. The molecule has 3 aromatic carbocycles. The average molecular weight is 420 g/mol. The van der Waals surface area contributed by atoms with E-state index in [2.05, 4.69) is 15.2 Å². The number of H-pyrrole nitrogens is 1. The number of nitrogens with one attached hydrogen (secondary N) is 1. The molecule has 0 atom stereocenters. The molecule has 1 N–H and O–H groups in total. The van der Waals surface area contributed by atoms with Crippen LogP contribution in [0.15, 0.2) is 87.8 Å². The van der Waals surface area contributed by atoms with Crippen molar-refractivity contribution in [3.63, 3.8) is 0 Å². The lowest BCUT2D eigenvalue weighted by atomic mass is 10.1. The van der Waals surface area contributed by atoms with E-state index < -0.39 is 0 Å². The molecule has 0 saturated heterocycles. The van der Waals surface area contributed by atoms with Gasteiger partial charge in [0.1, 0.15) is 17.1 Å². The van der Waals surface area contributed by atoms with Crippen molar-refractivity contribution >= 4 is 44.6 Å². The third-order valence-corrected chi connectivity index (χ3v) is 5.76. The highest BCUT2D eigenvalue weighted by Crippen LogP contribution is 2.37. The summed E-state index contributed by atoms with van der Waals surface area (Å²) in [5.41, 5.74) is 4.12. The van der Waals surface area contributed by atoms with Crippen LogP contribution in [0, 0.1) is 0 Å². The van der Waals surface area contributed by atoms with Gasteiger partial charge in [-0.3, -0.25) is 14.0 Å². The summed E-state index contributed by atoms with van der Waals surface area (Å²) in [4.78, 5) is 28.9. The normalized spacial score (nSPS) is 13.4. The van der Waals surface area contributed by atoms with Crippen LogP contribution in [0.3, 0.4) is 0 Å². The SMILES string of the molecule is COc1ccc2c(c1)c(N=NC1=CC(=O)c3ccccc31)c1[nH]c3ccccc3c(=O)n12. The molecule has 0 radical (unpaired) electrons. The minimum atomic E-state index is -0.147. The summed E-state index contributed by atoms with van der Waals surface area (Å²) in [6, 6.07) is 20.1. The van der Waals surface area contributed by atoms with E-state index in [9.17, 15) is 9.59 Å². The number of nitrogens with zero attached hydrogens (tertiary/aromatic N) is 3. The van der Waals surface area contributed by atoms with Gasteiger partial charge in [-0.2, -0.15) is 0 Å². The number of rotatable bonds is 3. The Morgan fingerprint density at radius 1 is 0.875 bits per heavy atom. The smallest absolute Gasteiger partial charge is 0.266 e. The largest absolute Gasteiger partial charge is 0.497 e. The molecule has 1 aliphatic rings. The number of hydrogen-bond donors (Lipinski definition) is 1. The van der Waals surface area contributed by atoms with Crippen LogP contribution in [-0.4, -0.2) is 22.3 Å². The summed E-state index contributed by atoms with van der Waals surface area (Å²) in [5, 5.41) is 10.2. The molecule has 32 heavy (non-hydrogen) atoms. The van der Waals surface area contributed by atoms with Crippen molar-refractivity contribution in [2.45, 2.75) is 0 Å². The quantitative estimate of drug-likeness (QED) is 0.404. The Morgan fingerprint density at radius 3 is 2.50 bits per heavy atom. The summed E-state index contributed by atoms with van der Waals surface area (Å²) in [7, 11) is 1.59. The third kappa shape index (κ3) is 2.54.